The molecule has 0 spiro atoms. The lowest BCUT2D eigenvalue weighted by Gasteiger charge is -2.32. The highest BCUT2D eigenvalue weighted by atomic mass is 16.6. The highest BCUT2D eigenvalue weighted by molar-refractivity contribution is 5.80. The fourth-order valence-corrected chi connectivity index (χ4v) is 3.85. The minimum Gasteiger partial charge on any atom is -0.265 e. The Balaban J connectivity index is 2.18. The topological polar surface area (TPSA) is 90.7 Å². The first-order valence-electron chi connectivity index (χ1n) is 8.45. The van der Waals surface area contributed by atoms with Gasteiger partial charge in [0.15, 0.2) is 0 Å². The molecule has 0 radical (unpaired) electrons. The van der Waals surface area contributed by atoms with Gasteiger partial charge in [0, 0.05) is 4.92 Å². The third-order valence-corrected chi connectivity index (χ3v) is 4.96. The monoisotopic (exact) mass is 343 g/mol. The molecule has 0 saturated carbocycles. The summed E-state index contributed by atoms with van der Waals surface area (Å²) in [7, 11) is 0. The number of rotatable bonds is 4. The van der Waals surface area contributed by atoms with E-state index < -0.39 is 0 Å². The summed E-state index contributed by atoms with van der Waals surface area (Å²) in [5, 5.41) is 30.3. The average molecular weight is 343 g/mol. The molecule has 2 atom stereocenters. The number of allylic oxidation sites excluding steroid dienone is 2. The minimum atomic E-state index is -0.383. The van der Waals surface area contributed by atoms with E-state index in [1.54, 1.807) is 0 Å². The second-order valence-electron chi connectivity index (χ2n) is 6.35. The number of benzene rings is 2. The molecule has 0 heterocycles. The lowest BCUT2D eigenvalue weighted by Crippen LogP contribution is -2.26. The van der Waals surface area contributed by atoms with Crippen molar-refractivity contribution in [2.24, 2.45) is 5.92 Å². The van der Waals surface area contributed by atoms with Gasteiger partial charge in [-0.15, -0.1) is 0 Å². The Hall–Kier alpha value is -3.44. The fourth-order valence-electron chi connectivity index (χ4n) is 3.85. The van der Waals surface area contributed by atoms with E-state index in [4.69, 9.17) is 0 Å². The van der Waals surface area contributed by atoms with Crippen LogP contribution in [0.15, 0.2) is 60.2 Å². The van der Waals surface area contributed by atoms with Crippen molar-refractivity contribution in [3.05, 3.63) is 87.0 Å². The number of nitriles is 2. The summed E-state index contributed by atoms with van der Waals surface area (Å²) in [4.78, 5) is 11.0. The Kier molecular flexibility index (Phi) is 5.10. The number of nitrogens with zero attached hydrogens (tertiary/aromatic N) is 3. The predicted octanol–water partition coefficient (Wildman–Crippen LogP) is 4.11. The lowest BCUT2D eigenvalue weighted by molar-refractivity contribution is -0.484. The van der Waals surface area contributed by atoms with Gasteiger partial charge in [-0.25, -0.2) is 0 Å². The third kappa shape index (κ3) is 3.34. The zero-order chi connectivity index (χ0) is 18.5. The van der Waals surface area contributed by atoms with Crippen LogP contribution in [0.2, 0.25) is 0 Å². The molecule has 0 aromatic heterocycles. The van der Waals surface area contributed by atoms with Crippen molar-refractivity contribution in [2.75, 3.05) is 6.54 Å². The minimum absolute atomic E-state index is 0.0476. The van der Waals surface area contributed by atoms with Crippen LogP contribution in [0.5, 0.6) is 0 Å². The van der Waals surface area contributed by atoms with Crippen LogP contribution >= 0.6 is 0 Å². The van der Waals surface area contributed by atoms with Gasteiger partial charge < -0.3 is 0 Å². The Morgan fingerprint density at radius 1 is 1.12 bits per heavy atom. The van der Waals surface area contributed by atoms with Gasteiger partial charge in [0.05, 0.1) is 5.92 Å². The molecule has 2 aromatic carbocycles. The molecule has 3 rings (SSSR count). The second-order valence-corrected chi connectivity index (χ2v) is 6.35. The molecule has 128 valence electrons. The van der Waals surface area contributed by atoms with Gasteiger partial charge in [-0.05, 0) is 41.0 Å². The third-order valence-electron chi connectivity index (χ3n) is 4.96. The van der Waals surface area contributed by atoms with Gasteiger partial charge in [0.1, 0.15) is 17.7 Å². The largest absolute Gasteiger partial charge is 0.265 e. The maximum absolute atomic E-state index is 11.3. The van der Waals surface area contributed by atoms with Crippen LogP contribution in [-0.2, 0) is 6.42 Å². The Labute approximate surface area is 152 Å². The molecule has 0 N–H and O–H groups in total. The van der Waals surface area contributed by atoms with E-state index in [2.05, 4.69) is 0 Å². The van der Waals surface area contributed by atoms with Gasteiger partial charge >= 0.3 is 0 Å². The summed E-state index contributed by atoms with van der Waals surface area (Å²) in [6.07, 6.45) is 1.45. The maximum atomic E-state index is 11.3. The van der Waals surface area contributed by atoms with Crippen molar-refractivity contribution in [2.45, 2.75) is 18.8 Å². The van der Waals surface area contributed by atoms with Crippen LogP contribution in [0, 0.1) is 38.7 Å². The molecule has 1 aliphatic carbocycles. The van der Waals surface area contributed by atoms with Crippen molar-refractivity contribution in [1.29, 1.82) is 10.5 Å². The molecule has 1 aliphatic rings. The average Bonchev–Trinajstić information content (AvgIpc) is 2.68. The first-order valence-corrected chi connectivity index (χ1v) is 8.45. The van der Waals surface area contributed by atoms with E-state index in [9.17, 15) is 20.6 Å². The molecule has 26 heavy (non-hydrogen) atoms. The summed E-state index contributed by atoms with van der Waals surface area (Å²) in [5.41, 5.74) is 3.50. The van der Waals surface area contributed by atoms with Crippen molar-refractivity contribution < 1.29 is 4.92 Å². The van der Waals surface area contributed by atoms with E-state index in [1.165, 1.54) is 0 Å². The molecule has 5 nitrogen and oxygen atoms in total. The first-order chi connectivity index (χ1) is 12.7. The van der Waals surface area contributed by atoms with Gasteiger partial charge in [-0.3, -0.25) is 10.1 Å². The summed E-state index contributed by atoms with van der Waals surface area (Å²) >= 11 is 0. The molecule has 5 heteroatoms. The predicted molar refractivity (Wildman–Crippen MR) is 97.4 cm³/mol. The number of hydrogen-bond donors (Lipinski definition) is 0. The number of hydrogen-bond acceptors (Lipinski definition) is 4. The van der Waals surface area contributed by atoms with E-state index in [1.807, 2.05) is 66.7 Å². The summed E-state index contributed by atoms with van der Waals surface area (Å²) in [6.45, 7) is -0.232. The van der Waals surface area contributed by atoms with E-state index in [-0.39, 0.29) is 28.9 Å². The van der Waals surface area contributed by atoms with Crippen LogP contribution in [0.1, 0.15) is 29.0 Å². The molecular formula is C21H17N3O2. The van der Waals surface area contributed by atoms with Gasteiger partial charge in [-0.2, -0.15) is 10.5 Å². The van der Waals surface area contributed by atoms with Crippen molar-refractivity contribution in [1.82, 2.24) is 0 Å². The normalized spacial score (nSPS) is 16.7. The van der Waals surface area contributed by atoms with Crippen LogP contribution in [-0.4, -0.2) is 11.5 Å². The quantitative estimate of drug-likeness (QED) is 0.474. The van der Waals surface area contributed by atoms with E-state index in [0.717, 1.165) is 23.1 Å². The van der Waals surface area contributed by atoms with Crippen molar-refractivity contribution in [3.63, 3.8) is 0 Å². The highest BCUT2D eigenvalue weighted by Crippen LogP contribution is 2.44. The summed E-state index contributed by atoms with van der Waals surface area (Å²) < 4.78 is 0. The van der Waals surface area contributed by atoms with E-state index >= 15 is 0 Å². The van der Waals surface area contributed by atoms with Gasteiger partial charge in [0.25, 0.3) is 0 Å². The standard InChI is InChI=1S/C21H17N3O2/c22-12-17(13-23)21-18-9-5-4-8-16(18)10-11-19(21)20(14-24(25)26)15-6-2-1-3-7-15/h1-9,19-20H,10-11,14H2/t19-,20?/m0/s1. The highest BCUT2D eigenvalue weighted by Gasteiger charge is 2.36. The zero-order valence-corrected chi connectivity index (χ0v) is 14.1. The molecule has 0 bridgehead atoms. The number of nitro groups is 1. The van der Waals surface area contributed by atoms with Crippen molar-refractivity contribution >= 4 is 5.57 Å². The first kappa shape index (κ1) is 17.4. The molecule has 0 amide bonds. The molecule has 0 aliphatic heterocycles. The van der Waals surface area contributed by atoms with Crippen LogP contribution in [0.25, 0.3) is 5.57 Å². The molecule has 2 aromatic rings. The SMILES string of the molecule is N#CC(C#N)=C1c2ccccc2CC[C@H]1C(C[N+](=O)[O-])c1ccccc1. The lowest BCUT2D eigenvalue weighted by atomic mass is 9.70. The summed E-state index contributed by atoms with van der Waals surface area (Å²) in [6, 6.07) is 21.0. The van der Waals surface area contributed by atoms with Crippen LogP contribution in [0.4, 0.5) is 0 Å². The molecule has 1 unspecified atom stereocenters. The molecule has 0 saturated heterocycles. The Morgan fingerprint density at radius 2 is 1.77 bits per heavy atom. The van der Waals surface area contributed by atoms with Gasteiger partial charge in [0.2, 0.25) is 6.54 Å². The van der Waals surface area contributed by atoms with Crippen molar-refractivity contribution in [3.8, 4) is 12.1 Å². The van der Waals surface area contributed by atoms with E-state index in [0.29, 0.717) is 12.0 Å². The molecule has 0 fully saturated rings. The number of aryl methyl sites for hydroxylation is 1. The number of fused-ring (bicyclic) bond motifs is 1. The smallest absolute Gasteiger partial charge is 0.211 e. The fraction of sp³-hybridized carbons (Fsp3) is 0.238. The second kappa shape index (κ2) is 7.63. The Bertz CT molecular complexity index is 920. The van der Waals surface area contributed by atoms with Gasteiger partial charge in [-0.1, -0.05) is 54.6 Å². The van der Waals surface area contributed by atoms with Crippen LogP contribution in [0.3, 0.4) is 0 Å². The maximum Gasteiger partial charge on any atom is 0.211 e. The summed E-state index contributed by atoms with van der Waals surface area (Å²) in [5.74, 6) is -0.627. The van der Waals surface area contributed by atoms with Crippen LogP contribution < -0.4 is 0 Å². The zero-order valence-electron chi connectivity index (χ0n) is 14.1. The molecular weight excluding hydrogens is 326 g/mol. The Morgan fingerprint density at radius 3 is 2.42 bits per heavy atom.